The highest BCUT2D eigenvalue weighted by Gasteiger charge is 2.39. The number of unbranched alkanes of at least 4 members (excludes halogenated alkanes) is 6. The van der Waals surface area contributed by atoms with Crippen LogP contribution in [-0.2, 0) is 28.7 Å². The third-order valence-electron chi connectivity index (χ3n) is 6.23. The Labute approximate surface area is 205 Å². The molecule has 1 aliphatic carbocycles. The SMILES string of the molecule is CCCCCCOC(=O)CC(C)(C)C1=CC(=O)C(C(C)(C)CC(=O)OCCCCCC)=CC1=O. The van der Waals surface area contributed by atoms with Gasteiger partial charge in [-0.2, -0.15) is 0 Å². The zero-order valence-corrected chi connectivity index (χ0v) is 22.1. The summed E-state index contributed by atoms with van der Waals surface area (Å²) in [6.07, 6.45) is 10.8. The minimum absolute atomic E-state index is 0.0164. The minimum Gasteiger partial charge on any atom is -0.466 e. The van der Waals surface area contributed by atoms with Gasteiger partial charge in [-0.1, -0.05) is 80.1 Å². The first-order valence-electron chi connectivity index (χ1n) is 12.8. The molecule has 0 heterocycles. The average Bonchev–Trinajstić information content (AvgIpc) is 2.74. The molecule has 0 aliphatic heterocycles. The smallest absolute Gasteiger partial charge is 0.306 e. The molecule has 0 bridgehead atoms. The molecule has 192 valence electrons. The van der Waals surface area contributed by atoms with Gasteiger partial charge in [0.15, 0.2) is 11.6 Å². The lowest BCUT2D eigenvalue weighted by molar-refractivity contribution is -0.146. The van der Waals surface area contributed by atoms with Crippen LogP contribution in [0.3, 0.4) is 0 Å². The summed E-state index contributed by atoms with van der Waals surface area (Å²) < 4.78 is 10.6. The average molecular weight is 477 g/mol. The van der Waals surface area contributed by atoms with Gasteiger partial charge in [0.05, 0.1) is 26.1 Å². The second-order valence-corrected chi connectivity index (χ2v) is 10.5. The number of ether oxygens (including phenoxy) is 2. The molecule has 0 radical (unpaired) electrons. The van der Waals surface area contributed by atoms with Gasteiger partial charge in [0.25, 0.3) is 0 Å². The molecule has 1 aliphatic rings. The van der Waals surface area contributed by atoms with E-state index < -0.39 is 10.8 Å². The van der Waals surface area contributed by atoms with E-state index in [9.17, 15) is 19.2 Å². The topological polar surface area (TPSA) is 86.7 Å². The van der Waals surface area contributed by atoms with E-state index in [0.717, 1.165) is 51.4 Å². The van der Waals surface area contributed by atoms with Crippen LogP contribution >= 0.6 is 0 Å². The predicted octanol–water partition coefficient (Wildman–Crippen LogP) is 6.07. The van der Waals surface area contributed by atoms with E-state index in [0.29, 0.717) is 24.4 Å². The molecule has 0 spiro atoms. The number of rotatable bonds is 16. The van der Waals surface area contributed by atoms with E-state index in [-0.39, 0.29) is 36.3 Å². The molecule has 0 saturated heterocycles. The fraction of sp³-hybridized carbons (Fsp3) is 0.714. The maximum Gasteiger partial charge on any atom is 0.306 e. The van der Waals surface area contributed by atoms with Crippen molar-refractivity contribution in [2.24, 2.45) is 10.8 Å². The second kappa shape index (κ2) is 14.2. The van der Waals surface area contributed by atoms with Gasteiger partial charge in [-0.3, -0.25) is 19.2 Å². The van der Waals surface area contributed by atoms with Crippen molar-refractivity contribution in [1.82, 2.24) is 0 Å². The zero-order valence-electron chi connectivity index (χ0n) is 22.1. The van der Waals surface area contributed by atoms with Crippen LogP contribution in [0.25, 0.3) is 0 Å². The summed E-state index contributed by atoms with van der Waals surface area (Å²) in [5.41, 5.74) is -1.09. The summed E-state index contributed by atoms with van der Waals surface area (Å²) >= 11 is 0. The molecule has 0 fully saturated rings. The Morgan fingerprint density at radius 1 is 0.647 bits per heavy atom. The zero-order chi connectivity index (χ0) is 25.8. The Bertz CT molecular complexity index is 719. The number of carbonyl (C=O) groups excluding carboxylic acids is 4. The van der Waals surface area contributed by atoms with Crippen LogP contribution in [0.1, 0.15) is 106 Å². The van der Waals surface area contributed by atoms with Crippen LogP contribution in [-0.4, -0.2) is 36.7 Å². The highest BCUT2D eigenvalue weighted by molar-refractivity contribution is 6.21. The molecular weight excluding hydrogens is 432 g/mol. The lowest BCUT2D eigenvalue weighted by atomic mass is 9.71. The second-order valence-electron chi connectivity index (χ2n) is 10.5. The largest absolute Gasteiger partial charge is 0.466 e. The lowest BCUT2D eigenvalue weighted by Gasteiger charge is -2.31. The lowest BCUT2D eigenvalue weighted by Crippen LogP contribution is -2.32. The first-order valence-corrected chi connectivity index (χ1v) is 12.8. The number of ketones is 2. The fourth-order valence-corrected chi connectivity index (χ4v) is 4.06. The molecule has 0 aromatic heterocycles. The maximum atomic E-state index is 13.0. The van der Waals surface area contributed by atoms with Crippen LogP contribution in [0.4, 0.5) is 0 Å². The van der Waals surface area contributed by atoms with Gasteiger partial charge >= 0.3 is 11.9 Å². The van der Waals surface area contributed by atoms with Gasteiger partial charge in [0.1, 0.15) is 0 Å². The van der Waals surface area contributed by atoms with Gasteiger partial charge in [0.2, 0.25) is 0 Å². The molecule has 0 unspecified atom stereocenters. The fourth-order valence-electron chi connectivity index (χ4n) is 4.06. The molecule has 0 aromatic rings. The number of hydrogen-bond acceptors (Lipinski definition) is 6. The monoisotopic (exact) mass is 476 g/mol. The van der Waals surface area contributed by atoms with Crippen LogP contribution < -0.4 is 0 Å². The maximum absolute atomic E-state index is 13.0. The van der Waals surface area contributed by atoms with Gasteiger partial charge < -0.3 is 9.47 Å². The van der Waals surface area contributed by atoms with Gasteiger partial charge in [-0.25, -0.2) is 0 Å². The van der Waals surface area contributed by atoms with Crippen molar-refractivity contribution < 1.29 is 28.7 Å². The Hall–Kier alpha value is -2.24. The third-order valence-corrected chi connectivity index (χ3v) is 6.23. The van der Waals surface area contributed by atoms with Gasteiger partial charge in [-0.05, 0) is 25.0 Å². The summed E-state index contributed by atoms with van der Waals surface area (Å²) in [4.78, 5) is 50.5. The first-order chi connectivity index (χ1) is 15.9. The molecule has 34 heavy (non-hydrogen) atoms. The molecule has 6 nitrogen and oxygen atoms in total. The van der Waals surface area contributed by atoms with Crippen molar-refractivity contribution in [3.8, 4) is 0 Å². The minimum atomic E-state index is -0.836. The Balaban J connectivity index is 2.72. The quantitative estimate of drug-likeness (QED) is 0.153. The highest BCUT2D eigenvalue weighted by atomic mass is 16.5. The molecule has 0 aromatic carbocycles. The number of allylic oxidation sites excluding steroid dienone is 4. The third kappa shape index (κ3) is 9.94. The van der Waals surface area contributed by atoms with Crippen molar-refractivity contribution >= 4 is 23.5 Å². The van der Waals surface area contributed by atoms with E-state index in [4.69, 9.17) is 9.47 Å². The molecule has 0 atom stereocenters. The molecule has 0 saturated carbocycles. The van der Waals surface area contributed by atoms with Crippen molar-refractivity contribution in [2.45, 2.75) is 106 Å². The summed E-state index contributed by atoms with van der Waals surface area (Å²) in [6.45, 7) is 12.0. The summed E-state index contributed by atoms with van der Waals surface area (Å²) in [7, 11) is 0. The van der Waals surface area contributed by atoms with E-state index in [1.807, 2.05) is 0 Å². The number of carbonyl (C=O) groups is 4. The van der Waals surface area contributed by atoms with Crippen molar-refractivity contribution in [3.63, 3.8) is 0 Å². The normalized spacial score (nSPS) is 14.5. The first kappa shape index (κ1) is 29.8. The van der Waals surface area contributed by atoms with E-state index in [1.54, 1.807) is 27.7 Å². The van der Waals surface area contributed by atoms with Gasteiger partial charge in [0, 0.05) is 22.0 Å². The predicted molar refractivity (Wildman–Crippen MR) is 133 cm³/mol. The number of esters is 2. The standard InChI is InChI=1S/C28H44O6/c1-7-9-11-13-15-33-25(31)19-27(3,4)21-17-24(30)22(18-23(21)29)28(5,6)20-26(32)34-16-14-12-10-8-2/h17-18H,7-16,19-20H2,1-6H3. The summed E-state index contributed by atoms with van der Waals surface area (Å²) in [5.74, 6) is -1.37. The van der Waals surface area contributed by atoms with Crippen molar-refractivity contribution in [1.29, 1.82) is 0 Å². The van der Waals surface area contributed by atoms with Crippen LogP contribution in [0.2, 0.25) is 0 Å². The number of hydrogen-bond donors (Lipinski definition) is 0. The van der Waals surface area contributed by atoms with Crippen molar-refractivity contribution in [2.75, 3.05) is 13.2 Å². The molecular formula is C28H44O6. The molecule has 0 amide bonds. The Morgan fingerprint density at radius 2 is 1.00 bits per heavy atom. The van der Waals surface area contributed by atoms with E-state index in [2.05, 4.69) is 13.8 Å². The Morgan fingerprint density at radius 3 is 1.32 bits per heavy atom. The van der Waals surface area contributed by atoms with E-state index in [1.165, 1.54) is 12.2 Å². The van der Waals surface area contributed by atoms with Crippen LogP contribution in [0.5, 0.6) is 0 Å². The molecule has 6 heteroatoms. The van der Waals surface area contributed by atoms with Crippen molar-refractivity contribution in [3.05, 3.63) is 23.3 Å². The molecule has 1 rings (SSSR count). The molecule has 0 N–H and O–H groups in total. The van der Waals surface area contributed by atoms with Crippen LogP contribution in [0.15, 0.2) is 23.3 Å². The van der Waals surface area contributed by atoms with E-state index >= 15 is 0 Å². The van der Waals surface area contributed by atoms with Gasteiger partial charge in [-0.15, -0.1) is 0 Å². The highest BCUT2D eigenvalue weighted by Crippen LogP contribution is 2.39. The summed E-state index contributed by atoms with van der Waals surface area (Å²) in [5, 5.41) is 0. The summed E-state index contributed by atoms with van der Waals surface area (Å²) in [6, 6.07) is 0. The van der Waals surface area contributed by atoms with Crippen LogP contribution in [0, 0.1) is 10.8 Å². The Kier molecular flexibility index (Phi) is 12.5.